The Bertz CT molecular complexity index is 215. The number of carbonyl (C=O) groups excluding carboxylic acids is 1. The van der Waals surface area contributed by atoms with Crippen LogP contribution >= 0.6 is 0 Å². The Morgan fingerprint density at radius 2 is 1.05 bits per heavy atom. The third kappa shape index (κ3) is 12.5. The molecule has 0 unspecified atom stereocenters. The minimum absolute atomic E-state index is 0.245. The number of hydrogen-bond acceptors (Lipinski definition) is 1. The molecule has 0 aromatic carbocycles. The summed E-state index contributed by atoms with van der Waals surface area (Å²) in [5, 5.41) is 0. The van der Waals surface area contributed by atoms with Crippen LogP contribution in [0.3, 0.4) is 0 Å². The van der Waals surface area contributed by atoms with Gasteiger partial charge in [-0.05, 0) is 12.8 Å². The van der Waals surface area contributed by atoms with Gasteiger partial charge >= 0.3 is 0 Å². The second-order valence-corrected chi connectivity index (χ2v) is 6.04. The van der Waals surface area contributed by atoms with Crippen molar-refractivity contribution in [3.8, 4) is 0 Å². The Hall–Kier alpha value is -0.530. The van der Waals surface area contributed by atoms with Crippen molar-refractivity contribution in [2.45, 2.75) is 97.8 Å². The van der Waals surface area contributed by atoms with Crippen molar-refractivity contribution in [3.05, 3.63) is 0 Å². The van der Waals surface area contributed by atoms with E-state index in [0.29, 0.717) is 0 Å². The number of rotatable bonds is 14. The van der Waals surface area contributed by atoms with Crippen molar-refractivity contribution in [1.29, 1.82) is 0 Å². The van der Waals surface area contributed by atoms with Crippen LogP contribution in [-0.4, -0.2) is 23.9 Å². The highest BCUT2D eigenvalue weighted by molar-refractivity contribution is 5.73. The number of nitrogens with zero attached hydrogens (tertiary/aromatic N) is 1. The molecule has 120 valence electrons. The molecule has 0 saturated heterocycles. The lowest BCUT2D eigenvalue weighted by atomic mass is 10.1. The minimum Gasteiger partial charge on any atom is -0.343 e. The zero-order valence-corrected chi connectivity index (χ0v) is 14.3. The van der Waals surface area contributed by atoms with Crippen LogP contribution in [0.1, 0.15) is 97.8 Å². The highest BCUT2D eigenvalue weighted by Crippen LogP contribution is 2.11. The molecule has 0 saturated carbocycles. The first-order chi connectivity index (χ1) is 9.72. The second-order valence-electron chi connectivity index (χ2n) is 6.04. The van der Waals surface area contributed by atoms with Crippen LogP contribution in [0.2, 0.25) is 0 Å². The molecule has 0 aliphatic carbocycles. The van der Waals surface area contributed by atoms with Crippen LogP contribution in [0.15, 0.2) is 0 Å². The molecule has 0 aromatic heterocycles. The first kappa shape index (κ1) is 19.5. The van der Waals surface area contributed by atoms with Crippen molar-refractivity contribution in [2.75, 3.05) is 13.1 Å². The third-order valence-electron chi connectivity index (χ3n) is 4.01. The van der Waals surface area contributed by atoms with Crippen LogP contribution in [0.25, 0.3) is 0 Å². The predicted molar refractivity (Wildman–Crippen MR) is 89.0 cm³/mol. The van der Waals surface area contributed by atoms with Crippen molar-refractivity contribution in [2.24, 2.45) is 0 Å². The Labute approximate surface area is 127 Å². The molecule has 0 aliphatic rings. The van der Waals surface area contributed by atoms with Crippen molar-refractivity contribution >= 4 is 5.91 Å². The molecule has 0 bridgehead atoms. The topological polar surface area (TPSA) is 20.3 Å². The Balaban J connectivity index is 3.34. The van der Waals surface area contributed by atoms with Crippen molar-refractivity contribution in [1.82, 2.24) is 4.90 Å². The van der Waals surface area contributed by atoms with Gasteiger partial charge in [-0.2, -0.15) is 0 Å². The molecule has 20 heavy (non-hydrogen) atoms. The Morgan fingerprint density at radius 1 is 0.650 bits per heavy atom. The van der Waals surface area contributed by atoms with Gasteiger partial charge in [-0.25, -0.2) is 0 Å². The van der Waals surface area contributed by atoms with Crippen LogP contribution in [0.5, 0.6) is 0 Å². The molecule has 0 aromatic rings. The fourth-order valence-corrected chi connectivity index (χ4v) is 2.57. The predicted octanol–water partition coefficient (Wildman–Crippen LogP) is 5.56. The highest BCUT2D eigenvalue weighted by atomic mass is 16.2. The maximum atomic E-state index is 11.5. The van der Waals surface area contributed by atoms with E-state index in [-0.39, 0.29) is 5.91 Å². The minimum atomic E-state index is 0.245. The molecule has 1 amide bonds. The smallest absolute Gasteiger partial charge is 0.219 e. The second kappa shape index (κ2) is 14.9. The molecule has 2 heteroatoms. The molecule has 0 aliphatic heterocycles. The van der Waals surface area contributed by atoms with Gasteiger partial charge in [-0.3, -0.25) is 4.79 Å². The molecular weight excluding hydrogens is 246 g/mol. The molecule has 0 rings (SSSR count). The van der Waals surface area contributed by atoms with E-state index in [0.717, 1.165) is 19.5 Å². The first-order valence-electron chi connectivity index (χ1n) is 8.97. The summed E-state index contributed by atoms with van der Waals surface area (Å²) in [4.78, 5) is 13.5. The lowest BCUT2D eigenvalue weighted by Gasteiger charge is -2.20. The summed E-state index contributed by atoms with van der Waals surface area (Å²) in [5.41, 5.74) is 0. The van der Waals surface area contributed by atoms with Gasteiger partial charge < -0.3 is 4.90 Å². The van der Waals surface area contributed by atoms with Gasteiger partial charge in [-0.15, -0.1) is 0 Å². The van der Waals surface area contributed by atoms with E-state index < -0.39 is 0 Å². The molecular formula is C18H37NO. The first-order valence-corrected chi connectivity index (χ1v) is 8.97. The Kier molecular flexibility index (Phi) is 14.5. The van der Waals surface area contributed by atoms with Crippen LogP contribution in [0, 0.1) is 0 Å². The van der Waals surface area contributed by atoms with Gasteiger partial charge in [-0.1, -0.05) is 78.1 Å². The molecule has 0 atom stereocenters. The summed E-state index contributed by atoms with van der Waals surface area (Å²) >= 11 is 0. The molecule has 0 spiro atoms. The standard InChI is InChI=1S/C18H37NO/c1-4-6-8-9-10-11-12-13-14-15-17-19(18(3)20)16-7-5-2/h4-17H2,1-3H3. The number of unbranched alkanes of at least 4 members (excludes halogenated alkanes) is 10. The zero-order valence-electron chi connectivity index (χ0n) is 14.3. The fourth-order valence-electron chi connectivity index (χ4n) is 2.57. The number of hydrogen-bond donors (Lipinski definition) is 0. The Morgan fingerprint density at radius 3 is 1.50 bits per heavy atom. The molecule has 2 nitrogen and oxygen atoms in total. The molecule has 0 radical (unpaired) electrons. The average molecular weight is 283 g/mol. The van der Waals surface area contributed by atoms with Gasteiger partial charge in [0.2, 0.25) is 5.91 Å². The van der Waals surface area contributed by atoms with Crippen LogP contribution in [0.4, 0.5) is 0 Å². The average Bonchev–Trinajstić information content (AvgIpc) is 2.43. The molecule has 0 N–H and O–H groups in total. The van der Waals surface area contributed by atoms with E-state index in [2.05, 4.69) is 13.8 Å². The van der Waals surface area contributed by atoms with Crippen molar-refractivity contribution < 1.29 is 4.79 Å². The lowest BCUT2D eigenvalue weighted by molar-refractivity contribution is -0.129. The SMILES string of the molecule is CCCCCCCCCCCCN(CCCC)C(C)=O. The van der Waals surface area contributed by atoms with E-state index >= 15 is 0 Å². The summed E-state index contributed by atoms with van der Waals surface area (Å²) in [6.07, 6.45) is 15.9. The van der Waals surface area contributed by atoms with E-state index in [9.17, 15) is 4.79 Å². The maximum Gasteiger partial charge on any atom is 0.219 e. The largest absolute Gasteiger partial charge is 0.343 e. The zero-order chi connectivity index (χ0) is 15.1. The van der Waals surface area contributed by atoms with Gasteiger partial charge in [0.25, 0.3) is 0 Å². The summed E-state index contributed by atoms with van der Waals surface area (Å²) in [6.45, 7) is 8.06. The lowest BCUT2D eigenvalue weighted by Crippen LogP contribution is -2.30. The molecule has 0 heterocycles. The van der Waals surface area contributed by atoms with Crippen molar-refractivity contribution in [3.63, 3.8) is 0 Å². The van der Waals surface area contributed by atoms with Gasteiger partial charge in [0.05, 0.1) is 0 Å². The van der Waals surface area contributed by atoms with E-state index in [1.165, 1.54) is 70.6 Å². The van der Waals surface area contributed by atoms with E-state index in [4.69, 9.17) is 0 Å². The van der Waals surface area contributed by atoms with E-state index in [1.807, 2.05) is 4.90 Å². The van der Waals surface area contributed by atoms with Gasteiger partial charge in [0, 0.05) is 20.0 Å². The molecule has 0 fully saturated rings. The number of carbonyl (C=O) groups is 1. The van der Waals surface area contributed by atoms with Crippen LogP contribution < -0.4 is 0 Å². The summed E-state index contributed by atoms with van der Waals surface area (Å²) < 4.78 is 0. The van der Waals surface area contributed by atoms with Crippen LogP contribution in [-0.2, 0) is 4.79 Å². The summed E-state index contributed by atoms with van der Waals surface area (Å²) in [6, 6.07) is 0. The normalized spacial score (nSPS) is 10.8. The monoisotopic (exact) mass is 283 g/mol. The quantitative estimate of drug-likeness (QED) is 0.382. The summed E-state index contributed by atoms with van der Waals surface area (Å²) in [5.74, 6) is 0.245. The number of amides is 1. The van der Waals surface area contributed by atoms with Gasteiger partial charge in [0.1, 0.15) is 0 Å². The van der Waals surface area contributed by atoms with E-state index in [1.54, 1.807) is 6.92 Å². The third-order valence-corrected chi connectivity index (χ3v) is 4.01. The maximum absolute atomic E-state index is 11.5. The fraction of sp³-hybridized carbons (Fsp3) is 0.944. The van der Waals surface area contributed by atoms with Gasteiger partial charge in [0.15, 0.2) is 0 Å². The highest BCUT2D eigenvalue weighted by Gasteiger charge is 2.06. The summed E-state index contributed by atoms with van der Waals surface area (Å²) in [7, 11) is 0.